The van der Waals surface area contributed by atoms with E-state index in [0.29, 0.717) is 19.3 Å². The minimum absolute atomic E-state index is 0.00492. The monoisotopic (exact) mass is 964 g/mol. The van der Waals surface area contributed by atoms with Crippen LogP contribution < -0.4 is 5.32 Å². The lowest BCUT2D eigenvalue weighted by Gasteiger charge is -2.24. The summed E-state index contributed by atoms with van der Waals surface area (Å²) >= 11 is 0. The zero-order chi connectivity index (χ0) is 50.2. The van der Waals surface area contributed by atoms with Crippen LogP contribution >= 0.6 is 0 Å². The van der Waals surface area contributed by atoms with E-state index in [1.54, 1.807) is 0 Å². The second kappa shape index (κ2) is 56.2. The van der Waals surface area contributed by atoms with Gasteiger partial charge in [-0.15, -0.1) is 0 Å². The van der Waals surface area contributed by atoms with Crippen molar-refractivity contribution >= 4 is 11.9 Å². The van der Waals surface area contributed by atoms with Gasteiger partial charge in [-0.2, -0.15) is 0 Å². The highest BCUT2D eigenvalue weighted by molar-refractivity contribution is 5.77. The van der Waals surface area contributed by atoms with Crippen molar-refractivity contribution in [1.29, 1.82) is 0 Å². The normalized spacial score (nSPS) is 13.6. The van der Waals surface area contributed by atoms with Crippen LogP contribution in [0.1, 0.15) is 290 Å². The number of allylic oxidation sites excluding steroid dienone is 11. The summed E-state index contributed by atoms with van der Waals surface area (Å²) in [7, 11) is 0. The molecule has 0 spiro atoms. The lowest BCUT2D eigenvalue weighted by Crippen LogP contribution is -2.46. The number of unbranched alkanes of at least 4 members (excludes halogenated alkanes) is 30. The SMILES string of the molecule is CC/C=C\C/C=C\C/C=C\C/C=C\C/C=C\CC(CC(=O)NC(CO)C(O)CCCCCCCCCCCCCCCCCCC)OC(=O)CCCCCCC/C=C/CCCCCCCCCCC. The molecule has 69 heavy (non-hydrogen) atoms. The van der Waals surface area contributed by atoms with Crippen LogP contribution in [0.15, 0.2) is 72.9 Å². The molecule has 0 saturated heterocycles. The van der Waals surface area contributed by atoms with Gasteiger partial charge in [0.1, 0.15) is 6.10 Å². The van der Waals surface area contributed by atoms with E-state index in [0.717, 1.165) is 77.0 Å². The number of aliphatic hydroxyl groups is 2. The van der Waals surface area contributed by atoms with Crippen LogP contribution in [0.3, 0.4) is 0 Å². The summed E-state index contributed by atoms with van der Waals surface area (Å²) in [4.78, 5) is 26.3. The first kappa shape index (κ1) is 66.3. The largest absolute Gasteiger partial charge is 0.461 e. The van der Waals surface area contributed by atoms with Gasteiger partial charge in [-0.3, -0.25) is 9.59 Å². The van der Waals surface area contributed by atoms with Crippen molar-refractivity contribution in [3.05, 3.63) is 72.9 Å². The Hall–Kier alpha value is -2.70. The Morgan fingerprint density at radius 2 is 0.812 bits per heavy atom. The summed E-state index contributed by atoms with van der Waals surface area (Å²) in [5, 5.41) is 23.9. The first-order valence-corrected chi connectivity index (χ1v) is 29.7. The standard InChI is InChI=1S/C63H113NO5/c1-4-7-10-13-16-19-22-25-28-30-32-35-38-41-44-47-50-53-56-63(68)69-59(54-51-48-45-42-39-36-33-27-24-21-18-15-12-9-6-3)57-62(67)64-60(58-65)61(66)55-52-49-46-43-40-37-34-31-29-26-23-20-17-14-11-8-5-2/h9,12,18,21,27,32-33,35,39,42,48,51,59-61,65-66H,4-8,10-11,13-17,19-20,22-26,28-31,34,36-38,40-41,43-47,49-50,52-58H2,1-3H3,(H,64,67)/b12-9-,21-18-,33-27-,35-32+,42-39-,51-48-. The molecule has 0 fully saturated rings. The Morgan fingerprint density at radius 3 is 1.22 bits per heavy atom. The summed E-state index contributed by atoms with van der Waals surface area (Å²) in [6.45, 7) is 6.37. The van der Waals surface area contributed by atoms with Gasteiger partial charge in [-0.05, 0) is 70.6 Å². The van der Waals surface area contributed by atoms with E-state index in [-0.39, 0.29) is 24.9 Å². The summed E-state index contributed by atoms with van der Waals surface area (Å²) in [6.07, 6.45) is 72.8. The number of esters is 1. The molecule has 0 aromatic heterocycles. The van der Waals surface area contributed by atoms with Crippen LogP contribution in [-0.2, 0) is 14.3 Å². The molecule has 3 unspecified atom stereocenters. The highest BCUT2D eigenvalue weighted by atomic mass is 16.5. The summed E-state index contributed by atoms with van der Waals surface area (Å²) in [5.74, 6) is -0.583. The van der Waals surface area contributed by atoms with E-state index >= 15 is 0 Å². The van der Waals surface area contributed by atoms with Gasteiger partial charge in [-0.1, -0.05) is 273 Å². The van der Waals surface area contributed by atoms with Gasteiger partial charge < -0.3 is 20.3 Å². The second-order valence-corrected chi connectivity index (χ2v) is 20.0. The second-order valence-electron chi connectivity index (χ2n) is 20.0. The smallest absolute Gasteiger partial charge is 0.306 e. The fraction of sp³-hybridized carbons (Fsp3) is 0.778. The van der Waals surface area contributed by atoms with Crippen molar-refractivity contribution in [3.63, 3.8) is 0 Å². The topological polar surface area (TPSA) is 95.9 Å². The van der Waals surface area contributed by atoms with E-state index in [1.807, 2.05) is 6.08 Å². The maximum absolute atomic E-state index is 13.3. The molecule has 0 saturated carbocycles. The maximum atomic E-state index is 13.3. The Morgan fingerprint density at radius 1 is 0.449 bits per heavy atom. The number of ether oxygens (including phenoxy) is 1. The van der Waals surface area contributed by atoms with Gasteiger partial charge in [-0.25, -0.2) is 0 Å². The van der Waals surface area contributed by atoms with E-state index in [4.69, 9.17) is 4.74 Å². The van der Waals surface area contributed by atoms with Crippen LogP contribution in [-0.4, -0.2) is 46.9 Å². The predicted octanol–water partition coefficient (Wildman–Crippen LogP) is 18.5. The molecule has 0 aliphatic rings. The molecule has 0 aliphatic heterocycles. The number of nitrogens with one attached hydrogen (secondary N) is 1. The molecule has 0 aromatic rings. The third kappa shape index (κ3) is 51.5. The average Bonchev–Trinajstić information content (AvgIpc) is 3.34. The van der Waals surface area contributed by atoms with Crippen LogP contribution in [0.2, 0.25) is 0 Å². The van der Waals surface area contributed by atoms with Crippen molar-refractivity contribution in [1.82, 2.24) is 5.32 Å². The van der Waals surface area contributed by atoms with Crippen LogP contribution in [0, 0.1) is 0 Å². The molecule has 3 atom stereocenters. The Kier molecular flexibility index (Phi) is 54.0. The number of rotatable bonds is 53. The third-order valence-corrected chi connectivity index (χ3v) is 13.3. The fourth-order valence-electron chi connectivity index (χ4n) is 8.80. The molecule has 3 N–H and O–H groups in total. The predicted molar refractivity (Wildman–Crippen MR) is 301 cm³/mol. The Labute approximate surface area is 428 Å². The van der Waals surface area contributed by atoms with Gasteiger partial charge in [0.05, 0.1) is 25.2 Å². The lowest BCUT2D eigenvalue weighted by atomic mass is 10.0. The molecule has 6 nitrogen and oxygen atoms in total. The van der Waals surface area contributed by atoms with Gasteiger partial charge in [0.25, 0.3) is 0 Å². The van der Waals surface area contributed by atoms with E-state index in [9.17, 15) is 19.8 Å². The number of hydrogen-bond acceptors (Lipinski definition) is 5. The number of carbonyl (C=O) groups excluding carboxylic acids is 2. The Balaban J connectivity index is 4.63. The highest BCUT2D eigenvalue weighted by Crippen LogP contribution is 2.17. The van der Waals surface area contributed by atoms with Gasteiger partial charge in [0, 0.05) is 12.8 Å². The molecule has 0 aromatic carbocycles. The average molecular weight is 965 g/mol. The molecule has 400 valence electrons. The number of amides is 1. The van der Waals surface area contributed by atoms with E-state index in [1.165, 1.54) is 167 Å². The first-order valence-electron chi connectivity index (χ1n) is 29.7. The fourth-order valence-corrected chi connectivity index (χ4v) is 8.80. The van der Waals surface area contributed by atoms with Crippen molar-refractivity contribution < 1.29 is 24.5 Å². The minimum atomic E-state index is -0.817. The van der Waals surface area contributed by atoms with Crippen molar-refractivity contribution in [3.8, 4) is 0 Å². The van der Waals surface area contributed by atoms with Crippen molar-refractivity contribution in [2.24, 2.45) is 0 Å². The van der Waals surface area contributed by atoms with Crippen molar-refractivity contribution in [2.45, 2.75) is 309 Å². The van der Waals surface area contributed by atoms with Gasteiger partial charge >= 0.3 is 5.97 Å². The summed E-state index contributed by atoms with van der Waals surface area (Å²) < 4.78 is 5.89. The summed E-state index contributed by atoms with van der Waals surface area (Å²) in [5.41, 5.74) is 0. The van der Waals surface area contributed by atoms with Gasteiger partial charge in [0.2, 0.25) is 5.91 Å². The van der Waals surface area contributed by atoms with Gasteiger partial charge in [0.15, 0.2) is 0 Å². The van der Waals surface area contributed by atoms with E-state index in [2.05, 4.69) is 92.9 Å². The minimum Gasteiger partial charge on any atom is -0.461 e. The van der Waals surface area contributed by atoms with Crippen molar-refractivity contribution in [2.75, 3.05) is 6.61 Å². The molecule has 0 rings (SSSR count). The molecule has 0 aliphatic carbocycles. The Bertz CT molecular complexity index is 1270. The number of carbonyl (C=O) groups is 2. The molecular formula is C63H113NO5. The molecule has 0 radical (unpaired) electrons. The van der Waals surface area contributed by atoms with Crippen LogP contribution in [0.4, 0.5) is 0 Å². The molecule has 6 heteroatoms. The molecule has 0 heterocycles. The quantitative estimate of drug-likeness (QED) is 0.0321. The zero-order valence-electron chi connectivity index (χ0n) is 45.7. The molecular weight excluding hydrogens is 851 g/mol. The maximum Gasteiger partial charge on any atom is 0.306 e. The van der Waals surface area contributed by atoms with Crippen LogP contribution in [0.5, 0.6) is 0 Å². The summed E-state index contributed by atoms with van der Waals surface area (Å²) in [6, 6.07) is -0.737. The highest BCUT2D eigenvalue weighted by Gasteiger charge is 2.23. The number of aliphatic hydroxyl groups excluding tert-OH is 2. The molecule has 1 amide bonds. The van der Waals surface area contributed by atoms with E-state index < -0.39 is 18.2 Å². The first-order chi connectivity index (χ1) is 34.0. The zero-order valence-corrected chi connectivity index (χ0v) is 45.7. The third-order valence-electron chi connectivity index (χ3n) is 13.3. The lowest BCUT2D eigenvalue weighted by molar-refractivity contribution is -0.150. The van der Waals surface area contributed by atoms with Crippen LogP contribution in [0.25, 0.3) is 0 Å². The molecule has 0 bridgehead atoms. The number of hydrogen-bond donors (Lipinski definition) is 3.